The Kier molecular flexibility index (Phi) is 7.64. The SMILES string of the molecule is CCNC(=NCc1ccccc1OCC1CC1)NCc1ccccc1CN1CCCC1=O. The minimum Gasteiger partial charge on any atom is -0.493 e. The first-order valence-electron chi connectivity index (χ1n) is 11.8. The molecule has 2 aliphatic rings. The summed E-state index contributed by atoms with van der Waals surface area (Å²) in [5.41, 5.74) is 3.47. The summed E-state index contributed by atoms with van der Waals surface area (Å²) in [5, 5.41) is 6.79. The van der Waals surface area contributed by atoms with Crippen LogP contribution in [0.3, 0.4) is 0 Å². The van der Waals surface area contributed by atoms with Crippen LogP contribution in [0.2, 0.25) is 0 Å². The van der Waals surface area contributed by atoms with Crippen molar-refractivity contribution in [3.63, 3.8) is 0 Å². The van der Waals surface area contributed by atoms with Crippen LogP contribution in [0, 0.1) is 5.92 Å². The van der Waals surface area contributed by atoms with Crippen molar-refractivity contribution < 1.29 is 9.53 Å². The van der Waals surface area contributed by atoms with Crippen LogP contribution in [-0.4, -0.2) is 36.5 Å². The van der Waals surface area contributed by atoms with Crippen LogP contribution < -0.4 is 15.4 Å². The van der Waals surface area contributed by atoms with E-state index in [1.165, 1.54) is 24.0 Å². The molecule has 0 bridgehead atoms. The van der Waals surface area contributed by atoms with Crippen LogP contribution in [0.15, 0.2) is 53.5 Å². The van der Waals surface area contributed by atoms with Crippen LogP contribution in [-0.2, 0) is 24.4 Å². The second-order valence-electron chi connectivity index (χ2n) is 8.60. The number of hydrogen-bond donors (Lipinski definition) is 2. The molecule has 1 aliphatic carbocycles. The number of rotatable bonds is 10. The average Bonchev–Trinajstić information content (AvgIpc) is 3.56. The van der Waals surface area contributed by atoms with Crippen molar-refractivity contribution in [2.45, 2.75) is 52.2 Å². The molecular weight excluding hydrogens is 400 g/mol. The molecule has 4 rings (SSSR count). The number of nitrogens with zero attached hydrogens (tertiary/aromatic N) is 2. The van der Waals surface area contributed by atoms with Gasteiger partial charge in [-0.2, -0.15) is 0 Å². The van der Waals surface area contributed by atoms with Crippen LogP contribution in [0.4, 0.5) is 0 Å². The zero-order valence-corrected chi connectivity index (χ0v) is 19.0. The molecule has 1 saturated carbocycles. The highest BCUT2D eigenvalue weighted by Gasteiger charge is 2.22. The van der Waals surface area contributed by atoms with Gasteiger partial charge in [-0.25, -0.2) is 4.99 Å². The van der Waals surface area contributed by atoms with Gasteiger partial charge >= 0.3 is 0 Å². The summed E-state index contributed by atoms with van der Waals surface area (Å²) in [6.45, 7) is 6.40. The fraction of sp³-hybridized carbons (Fsp3) is 0.462. The first-order valence-corrected chi connectivity index (χ1v) is 11.8. The van der Waals surface area contributed by atoms with E-state index < -0.39 is 0 Å². The first-order chi connectivity index (χ1) is 15.7. The summed E-state index contributed by atoms with van der Waals surface area (Å²) < 4.78 is 6.03. The molecule has 0 spiro atoms. The molecule has 1 amide bonds. The summed E-state index contributed by atoms with van der Waals surface area (Å²) in [5.74, 6) is 2.68. The quantitative estimate of drug-likeness (QED) is 0.440. The maximum atomic E-state index is 12.0. The Balaban J connectivity index is 1.39. The zero-order chi connectivity index (χ0) is 22.2. The van der Waals surface area contributed by atoms with E-state index in [2.05, 4.69) is 35.8 Å². The Hall–Kier alpha value is -3.02. The van der Waals surface area contributed by atoms with Gasteiger partial charge in [0.05, 0.1) is 13.2 Å². The van der Waals surface area contributed by atoms with Crippen molar-refractivity contribution in [3.05, 3.63) is 65.2 Å². The molecule has 0 atom stereocenters. The molecule has 0 aromatic heterocycles. The lowest BCUT2D eigenvalue weighted by molar-refractivity contribution is -0.128. The number of ether oxygens (including phenoxy) is 1. The summed E-state index contributed by atoms with van der Waals surface area (Å²) in [7, 11) is 0. The van der Waals surface area contributed by atoms with Crippen molar-refractivity contribution >= 4 is 11.9 Å². The molecular formula is C26H34N4O2. The van der Waals surface area contributed by atoms with Crippen molar-refractivity contribution in [3.8, 4) is 5.75 Å². The molecule has 0 unspecified atom stereocenters. The molecule has 2 fully saturated rings. The van der Waals surface area contributed by atoms with E-state index in [-0.39, 0.29) is 5.91 Å². The number of benzene rings is 2. The monoisotopic (exact) mass is 434 g/mol. The number of carbonyl (C=O) groups excluding carboxylic acids is 1. The lowest BCUT2D eigenvalue weighted by Crippen LogP contribution is -2.37. The third-order valence-electron chi connectivity index (χ3n) is 5.99. The molecule has 2 N–H and O–H groups in total. The van der Waals surface area contributed by atoms with Gasteiger partial charge in [-0.05, 0) is 49.3 Å². The van der Waals surface area contributed by atoms with Crippen molar-refractivity contribution in [1.29, 1.82) is 0 Å². The molecule has 2 aromatic carbocycles. The summed E-state index contributed by atoms with van der Waals surface area (Å²) in [6.07, 6.45) is 4.19. The van der Waals surface area contributed by atoms with Crippen molar-refractivity contribution in [2.75, 3.05) is 19.7 Å². The maximum absolute atomic E-state index is 12.0. The average molecular weight is 435 g/mol. The second kappa shape index (κ2) is 11.0. The largest absolute Gasteiger partial charge is 0.493 e. The van der Waals surface area contributed by atoms with E-state index in [0.29, 0.717) is 26.1 Å². The summed E-state index contributed by atoms with van der Waals surface area (Å²) >= 11 is 0. The van der Waals surface area contributed by atoms with Crippen LogP contribution in [0.5, 0.6) is 5.75 Å². The number of hydrogen-bond acceptors (Lipinski definition) is 3. The maximum Gasteiger partial charge on any atom is 0.222 e. The smallest absolute Gasteiger partial charge is 0.222 e. The Labute approximate surface area is 191 Å². The van der Waals surface area contributed by atoms with E-state index in [1.807, 2.05) is 35.2 Å². The Morgan fingerprint density at radius 1 is 1.06 bits per heavy atom. The summed E-state index contributed by atoms with van der Waals surface area (Å²) in [6, 6.07) is 16.5. The van der Waals surface area contributed by atoms with Crippen LogP contribution in [0.25, 0.3) is 0 Å². The molecule has 170 valence electrons. The number of nitrogens with one attached hydrogen (secondary N) is 2. The molecule has 6 nitrogen and oxygen atoms in total. The van der Waals surface area contributed by atoms with Gasteiger partial charge in [0.1, 0.15) is 5.75 Å². The van der Waals surface area contributed by atoms with E-state index in [9.17, 15) is 4.79 Å². The van der Waals surface area contributed by atoms with E-state index >= 15 is 0 Å². The zero-order valence-electron chi connectivity index (χ0n) is 19.0. The Bertz CT molecular complexity index is 939. The van der Waals surface area contributed by atoms with Gasteiger partial charge in [0, 0.05) is 38.2 Å². The van der Waals surface area contributed by atoms with Crippen molar-refractivity contribution in [2.24, 2.45) is 10.9 Å². The highest BCUT2D eigenvalue weighted by Crippen LogP contribution is 2.30. The second-order valence-corrected chi connectivity index (χ2v) is 8.60. The van der Waals surface area contributed by atoms with Gasteiger partial charge in [0.2, 0.25) is 5.91 Å². The highest BCUT2D eigenvalue weighted by atomic mass is 16.5. The number of carbonyl (C=O) groups is 1. The standard InChI is InChI=1S/C26H34N4O2/c1-2-27-26(29-17-22-9-5-6-11-24(22)32-19-20-13-14-20)28-16-21-8-3-4-10-23(21)18-30-15-7-12-25(30)31/h3-6,8-11,20H,2,7,12-19H2,1H3,(H2,27,28,29). The van der Waals surface area contributed by atoms with Crippen molar-refractivity contribution in [1.82, 2.24) is 15.5 Å². The molecule has 1 saturated heterocycles. The van der Waals surface area contributed by atoms with E-state index in [0.717, 1.165) is 49.3 Å². The van der Waals surface area contributed by atoms with Crippen LogP contribution in [0.1, 0.15) is 49.3 Å². The van der Waals surface area contributed by atoms with E-state index in [4.69, 9.17) is 9.73 Å². The highest BCUT2D eigenvalue weighted by molar-refractivity contribution is 5.80. The lowest BCUT2D eigenvalue weighted by Gasteiger charge is -2.19. The third-order valence-corrected chi connectivity index (χ3v) is 5.99. The number of likely N-dealkylation sites (tertiary alicyclic amines) is 1. The summed E-state index contributed by atoms with van der Waals surface area (Å²) in [4.78, 5) is 18.8. The number of guanidine groups is 1. The van der Waals surface area contributed by atoms with Gasteiger partial charge in [0.25, 0.3) is 0 Å². The minimum atomic E-state index is 0.255. The topological polar surface area (TPSA) is 66.0 Å². The Morgan fingerprint density at radius 2 is 1.81 bits per heavy atom. The first kappa shape index (κ1) is 22.2. The van der Waals surface area contributed by atoms with Gasteiger partial charge in [-0.15, -0.1) is 0 Å². The normalized spacial score (nSPS) is 16.3. The Morgan fingerprint density at radius 3 is 2.53 bits per heavy atom. The molecule has 0 radical (unpaired) electrons. The molecule has 1 heterocycles. The third kappa shape index (κ3) is 6.25. The number of amides is 1. The number of aliphatic imine (C=N–C) groups is 1. The molecule has 1 aliphatic heterocycles. The van der Waals surface area contributed by atoms with E-state index in [1.54, 1.807) is 0 Å². The van der Waals surface area contributed by atoms with Gasteiger partial charge in [-0.3, -0.25) is 4.79 Å². The van der Waals surface area contributed by atoms with Gasteiger partial charge in [-0.1, -0.05) is 42.5 Å². The predicted octanol–water partition coefficient (Wildman–Crippen LogP) is 3.85. The fourth-order valence-corrected chi connectivity index (χ4v) is 3.91. The van der Waals surface area contributed by atoms with Gasteiger partial charge < -0.3 is 20.3 Å². The molecule has 32 heavy (non-hydrogen) atoms. The predicted molar refractivity (Wildman–Crippen MR) is 127 cm³/mol. The molecule has 6 heteroatoms. The fourth-order valence-electron chi connectivity index (χ4n) is 3.91. The van der Waals surface area contributed by atoms with Gasteiger partial charge in [0.15, 0.2) is 5.96 Å². The molecule has 2 aromatic rings. The lowest BCUT2D eigenvalue weighted by atomic mass is 10.1. The van der Waals surface area contributed by atoms with Crippen LogP contribution >= 0.6 is 0 Å². The number of para-hydroxylation sites is 1. The minimum absolute atomic E-state index is 0.255.